The van der Waals surface area contributed by atoms with E-state index in [1.54, 1.807) is 6.20 Å². The standard InChI is InChI=1S/C37H51NO3/c1-3-5-7-9-11-12-13-15-17-29-40-35-27-28-36(38-30-35)32-23-25-34(26-24-32)41-37(39)33-21-19-31(20-22-33)18-16-14-10-8-6-4-2/h19-28,30H,3-18,29H2,1-2H3. The summed E-state index contributed by atoms with van der Waals surface area (Å²) in [4.78, 5) is 17.2. The van der Waals surface area contributed by atoms with Crippen molar-refractivity contribution in [2.24, 2.45) is 0 Å². The van der Waals surface area contributed by atoms with Gasteiger partial charge >= 0.3 is 5.97 Å². The summed E-state index contributed by atoms with van der Waals surface area (Å²) in [7, 11) is 0. The molecule has 0 aliphatic carbocycles. The van der Waals surface area contributed by atoms with E-state index in [9.17, 15) is 4.79 Å². The largest absolute Gasteiger partial charge is 0.492 e. The Balaban J connectivity index is 1.35. The minimum absolute atomic E-state index is 0.338. The molecule has 0 aliphatic heterocycles. The van der Waals surface area contributed by atoms with Crippen molar-refractivity contribution in [1.29, 1.82) is 0 Å². The number of unbranched alkanes of at least 4 members (excludes halogenated alkanes) is 13. The summed E-state index contributed by atoms with van der Waals surface area (Å²) < 4.78 is 11.5. The molecule has 3 aromatic rings. The fraction of sp³-hybridized carbons (Fsp3) is 0.514. The first-order valence-electron chi connectivity index (χ1n) is 16.2. The van der Waals surface area contributed by atoms with Crippen molar-refractivity contribution >= 4 is 5.97 Å². The maximum Gasteiger partial charge on any atom is 0.343 e. The molecule has 0 amide bonds. The number of aryl methyl sites for hydroxylation is 1. The van der Waals surface area contributed by atoms with E-state index in [-0.39, 0.29) is 5.97 Å². The molecule has 0 N–H and O–H groups in total. The van der Waals surface area contributed by atoms with Crippen LogP contribution in [-0.4, -0.2) is 17.6 Å². The molecule has 0 aliphatic rings. The molecule has 1 heterocycles. The quantitative estimate of drug-likeness (QED) is 0.0742. The Morgan fingerprint density at radius 3 is 1.76 bits per heavy atom. The van der Waals surface area contributed by atoms with E-state index in [1.165, 1.54) is 95.5 Å². The van der Waals surface area contributed by atoms with E-state index in [0.717, 1.165) is 36.5 Å². The van der Waals surface area contributed by atoms with E-state index in [1.807, 2.05) is 60.7 Å². The number of pyridine rings is 1. The van der Waals surface area contributed by atoms with Crippen LogP contribution in [0.25, 0.3) is 11.3 Å². The molecule has 0 saturated carbocycles. The number of ether oxygens (including phenoxy) is 2. The second-order valence-corrected chi connectivity index (χ2v) is 11.2. The second kappa shape index (κ2) is 19.9. The van der Waals surface area contributed by atoms with Gasteiger partial charge in [0.05, 0.1) is 24.1 Å². The highest BCUT2D eigenvalue weighted by Crippen LogP contribution is 2.23. The summed E-state index contributed by atoms with van der Waals surface area (Å²) in [6.07, 6.45) is 22.3. The molecule has 4 heteroatoms. The fourth-order valence-electron chi connectivity index (χ4n) is 5.02. The van der Waals surface area contributed by atoms with Gasteiger partial charge in [0, 0.05) is 5.56 Å². The Hall–Kier alpha value is -3.14. The normalized spacial score (nSPS) is 11.0. The minimum Gasteiger partial charge on any atom is -0.492 e. The third kappa shape index (κ3) is 12.9. The van der Waals surface area contributed by atoms with Crippen LogP contribution in [0.2, 0.25) is 0 Å². The summed E-state index contributed by atoms with van der Waals surface area (Å²) in [5.74, 6) is 0.989. The predicted molar refractivity (Wildman–Crippen MR) is 171 cm³/mol. The zero-order chi connectivity index (χ0) is 29.0. The van der Waals surface area contributed by atoms with Crippen LogP contribution < -0.4 is 9.47 Å². The highest BCUT2D eigenvalue weighted by molar-refractivity contribution is 5.91. The van der Waals surface area contributed by atoms with Crippen molar-refractivity contribution in [2.75, 3.05) is 6.61 Å². The van der Waals surface area contributed by atoms with Gasteiger partial charge in [0.25, 0.3) is 0 Å². The van der Waals surface area contributed by atoms with Gasteiger partial charge in [0.1, 0.15) is 11.5 Å². The van der Waals surface area contributed by atoms with Crippen molar-refractivity contribution in [3.63, 3.8) is 0 Å². The maximum atomic E-state index is 12.6. The highest BCUT2D eigenvalue weighted by Gasteiger charge is 2.09. The number of hydrogen-bond donors (Lipinski definition) is 0. The van der Waals surface area contributed by atoms with Gasteiger partial charge in [0.2, 0.25) is 0 Å². The molecule has 41 heavy (non-hydrogen) atoms. The summed E-state index contributed by atoms with van der Waals surface area (Å²) in [6.45, 7) is 5.24. The fourth-order valence-corrected chi connectivity index (χ4v) is 5.02. The molecule has 222 valence electrons. The zero-order valence-electron chi connectivity index (χ0n) is 25.5. The monoisotopic (exact) mass is 557 g/mol. The van der Waals surface area contributed by atoms with Gasteiger partial charge < -0.3 is 9.47 Å². The summed E-state index contributed by atoms with van der Waals surface area (Å²) in [5, 5.41) is 0. The molecule has 0 bridgehead atoms. The van der Waals surface area contributed by atoms with Gasteiger partial charge in [-0.2, -0.15) is 0 Å². The van der Waals surface area contributed by atoms with Crippen LogP contribution in [0.15, 0.2) is 66.9 Å². The first kappa shape index (κ1) is 32.4. The second-order valence-electron chi connectivity index (χ2n) is 11.2. The number of carbonyl (C=O) groups excluding carboxylic acids is 1. The number of aromatic nitrogens is 1. The maximum absolute atomic E-state index is 12.6. The molecule has 0 fully saturated rings. The zero-order valence-corrected chi connectivity index (χ0v) is 25.5. The molecule has 0 saturated heterocycles. The molecule has 0 unspecified atom stereocenters. The molecule has 0 radical (unpaired) electrons. The minimum atomic E-state index is -0.338. The van der Waals surface area contributed by atoms with Crippen molar-refractivity contribution in [3.8, 4) is 22.8 Å². The summed E-state index contributed by atoms with van der Waals surface area (Å²) >= 11 is 0. The average Bonchev–Trinajstić information content (AvgIpc) is 3.01. The van der Waals surface area contributed by atoms with Gasteiger partial charge in [-0.05, 0) is 73.4 Å². The summed E-state index contributed by atoms with van der Waals surface area (Å²) in [5.41, 5.74) is 3.67. The van der Waals surface area contributed by atoms with Crippen LogP contribution >= 0.6 is 0 Å². The Kier molecular flexibility index (Phi) is 15.7. The molecule has 0 atom stereocenters. The molecule has 2 aromatic carbocycles. The van der Waals surface area contributed by atoms with E-state index < -0.39 is 0 Å². The lowest BCUT2D eigenvalue weighted by Crippen LogP contribution is -2.08. The van der Waals surface area contributed by atoms with Crippen LogP contribution in [0.3, 0.4) is 0 Å². The van der Waals surface area contributed by atoms with Crippen LogP contribution in [0, 0.1) is 0 Å². The summed E-state index contributed by atoms with van der Waals surface area (Å²) in [6, 6.07) is 19.3. The van der Waals surface area contributed by atoms with Crippen LogP contribution in [0.5, 0.6) is 11.5 Å². The molecule has 4 nitrogen and oxygen atoms in total. The topological polar surface area (TPSA) is 48.4 Å². The smallest absolute Gasteiger partial charge is 0.343 e. The Morgan fingerprint density at radius 2 is 1.17 bits per heavy atom. The lowest BCUT2D eigenvalue weighted by atomic mass is 10.0. The van der Waals surface area contributed by atoms with Gasteiger partial charge in [-0.1, -0.05) is 109 Å². The SMILES string of the molecule is CCCCCCCCCCCOc1ccc(-c2ccc(OC(=O)c3ccc(CCCCCCCC)cc3)cc2)nc1. The van der Waals surface area contributed by atoms with Gasteiger partial charge in [0.15, 0.2) is 0 Å². The van der Waals surface area contributed by atoms with E-state index >= 15 is 0 Å². The molecular formula is C37H51NO3. The number of hydrogen-bond acceptors (Lipinski definition) is 4. The van der Waals surface area contributed by atoms with Crippen molar-refractivity contribution < 1.29 is 14.3 Å². The molecule has 3 rings (SSSR count). The number of benzene rings is 2. The van der Waals surface area contributed by atoms with E-state index in [2.05, 4.69) is 18.8 Å². The van der Waals surface area contributed by atoms with E-state index in [4.69, 9.17) is 9.47 Å². The molecule has 1 aromatic heterocycles. The van der Waals surface area contributed by atoms with Crippen LogP contribution in [0.4, 0.5) is 0 Å². The first-order valence-corrected chi connectivity index (χ1v) is 16.2. The van der Waals surface area contributed by atoms with Crippen molar-refractivity contribution in [3.05, 3.63) is 78.0 Å². The predicted octanol–water partition coefficient (Wildman–Crippen LogP) is 10.8. The van der Waals surface area contributed by atoms with Crippen LogP contribution in [-0.2, 0) is 6.42 Å². The lowest BCUT2D eigenvalue weighted by Gasteiger charge is -2.08. The Labute approximate surface area is 248 Å². The third-order valence-electron chi connectivity index (χ3n) is 7.62. The number of carbonyl (C=O) groups is 1. The lowest BCUT2D eigenvalue weighted by molar-refractivity contribution is 0.0734. The third-order valence-corrected chi connectivity index (χ3v) is 7.62. The van der Waals surface area contributed by atoms with Crippen molar-refractivity contribution in [1.82, 2.24) is 4.98 Å². The Bertz CT molecular complexity index is 1090. The first-order chi connectivity index (χ1) is 20.2. The average molecular weight is 558 g/mol. The van der Waals surface area contributed by atoms with Crippen molar-refractivity contribution in [2.45, 2.75) is 117 Å². The van der Waals surface area contributed by atoms with Gasteiger partial charge in [-0.25, -0.2) is 4.79 Å². The molecule has 0 spiro atoms. The van der Waals surface area contributed by atoms with Gasteiger partial charge in [-0.15, -0.1) is 0 Å². The Morgan fingerprint density at radius 1 is 0.610 bits per heavy atom. The van der Waals surface area contributed by atoms with Gasteiger partial charge in [-0.3, -0.25) is 4.98 Å². The molecular weight excluding hydrogens is 506 g/mol. The van der Waals surface area contributed by atoms with Crippen LogP contribution in [0.1, 0.15) is 126 Å². The number of nitrogens with zero attached hydrogens (tertiary/aromatic N) is 1. The highest BCUT2D eigenvalue weighted by atomic mass is 16.5. The number of esters is 1. The number of rotatable bonds is 21. The van der Waals surface area contributed by atoms with E-state index in [0.29, 0.717) is 11.3 Å².